The molecule has 0 saturated heterocycles. The van der Waals surface area contributed by atoms with Gasteiger partial charge in [0.2, 0.25) is 0 Å². The van der Waals surface area contributed by atoms with Gasteiger partial charge >= 0.3 is 5.97 Å². The highest BCUT2D eigenvalue weighted by Crippen LogP contribution is 2.54. The summed E-state index contributed by atoms with van der Waals surface area (Å²) in [6.07, 6.45) is 8.04. The predicted octanol–water partition coefficient (Wildman–Crippen LogP) is 5.61. The van der Waals surface area contributed by atoms with Crippen LogP contribution in [-0.4, -0.2) is 18.7 Å². The molecule has 3 atom stereocenters. The van der Waals surface area contributed by atoms with Crippen molar-refractivity contribution in [2.75, 3.05) is 6.61 Å². The molecule has 3 heteroatoms. The van der Waals surface area contributed by atoms with Crippen LogP contribution in [0, 0.1) is 11.3 Å². The molecule has 3 rings (SSSR count). The van der Waals surface area contributed by atoms with Gasteiger partial charge in [0.25, 0.3) is 0 Å². The number of carbonyl (C=O) groups is 1. The van der Waals surface area contributed by atoms with Crippen molar-refractivity contribution < 1.29 is 14.3 Å². The van der Waals surface area contributed by atoms with Crippen LogP contribution in [0.15, 0.2) is 54.1 Å². The quantitative estimate of drug-likeness (QED) is 0.323. The number of rotatable bonds is 9. The summed E-state index contributed by atoms with van der Waals surface area (Å²) in [5.41, 5.74) is 3.54. The largest absolute Gasteiger partial charge is 0.458 e. The summed E-state index contributed by atoms with van der Waals surface area (Å²) < 4.78 is 11.6. The number of esters is 1. The van der Waals surface area contributed by atoms with Gasteiger partial charge in [-0.05, 0) is 56.4 Å². The molecule has 146 valence electrons. The molecule has 0 radical (unpaired) electrons. The normalized spacial score (nSPS) is 27.4. The van der Waals surface area contributed by atoms with Crippen molar-refractivity contribution in [3.05, 3.63) is 59.7 Å². The zero-order valence-electron chi connectivity index (χ0n) is 16.7. The fraction of sp³-hybridized carbons (Fsp3) is 0.542. The molecule has 1 heterocycles. The standard InChI is InChI=1S/C24H32O3/c1-4-14-24(3)15-13-20-18(2)23(25)27-21(22(20)24)12-8-9-16-26-17-19-10-6-5-7-11-19/h4-7,10-11,21-22H,1,8-9,12-17H2,2-3H3/t21-,22+,24-/m1/s1. The summed E-state index contributed by atoms with van der Waals surface area (Å²) in [5, 5.41) is 0. The minimum atomic E-state index is -0.116. The first kappa shape index (κ1) is 19.9. The van der Waals surface area contributed by atoms with Crippen molar-refractivity contribution in [2.24, 2.45) is 11.3 Å². The molecule has 2 aliphatic rings. The third-order valence-electron chi connectivity index (χ3n) is 6.26. The van der Waals surface area contributed by atoms with Crippen molar-refractivity contribution in [3.63, 3.8) is 0 Å². The average Bonchev–Trinajstić information content (AvgIpc) is 3.01. The van der Waals surface area contributed by atoms with Crippen molar-refractivity contribution in [2.45, 2.75) is 65.1 Å². The Hall–Kier alpha value is -1.87. The first-order valence-electron chi connectivity index (χ1n) is 10.2. The van der Waals surface area contributed by atoms with E-state index in [0.29, 0.717) is 12.5 Å². The van der Waals surface area contributed by atoms with E-state index < -0.39 is 0 Å². The van der Waals surface area contributed by atoms with Crippen LogP contribution < -0.4 is 0 Å². The first-order chi connectivity index (χ1) is 13.0. The van der Waals surface area contributed by atoms with E-state index in [0.717, 1.165) is 50.7 Å². The van der Waals surface area contributed by atoms with E-state index in [-0.39, 0.29) is 17.5 Å². The van der Waals surface area contributed by atoms with Gasteiger partial charge in [-0.1, -0.05) is 48.9 Å². The maximum Gasteiger partial charge on any atom is 0.333 e. The van der Waals surface area contributed by atoms with E-state index >= 15 is 0 Å². The van der Waals surface area contributed by atoms with Gasteiger partial charge < -0.3 is 9.47 Å². The number of cyclic esters (lactones) is 1. The molecule has 0 bridgehead atoms. The van der Waals surface area contributed by atoms with Gasteiger partial charge in [0.15, 0.2) is 0 Å². The van der Waals surface area contributed by atoms with E-state index in [1.54, 1.807) is 0 Å². The monoisotopic (exact) mass is 368 g/mol. The van der Waals surface area contributed by atoms with E-state index in [2.05, 4.69) is 25.6 Å². The molecule has 27 heavy (non-hydrogen) atoms. The molecule has 1 aromatic rings. The Morgan fingerprint density at radius 1 is 1.30 bits per heavy atom. The SMILES string of the molecule is C=CC[C@]1(C)CCC2=C(C)C(=O)O[C@H](CCCCOCc3ccccc3)[C@H]21. The number of ether oxygens (including phenoxy) is 2. The van der Waals surface area contributed by atoms with Crippen molar-refractivity contribution in [1.82, 2.24) is 0 Å². The lowest BCUT2D eigenvalue weighted by atomic mass is 9.71. The van der Waals surface area contributed by atoms with Gasteiger partial charge in [0.1, 0.15) is 6.10 Å². The fourth-order valence-corrected chi connectivity index (χ4v) is 4.77. The highest BCUT2D eigenvalue weighted by atomic mass is 16.5. The Balaban J connectivity index is 1.51. The van der Waals surface area contributed by atoms with Crippen LogP contribution in [0.2, 0.25) is 0 Å². The van der Waals surface area contributed by atoms with E-state index in [1.165, 1.54) is 11.1 Å². The highest BCUT2D eigenvalue weighted by molar-refractivity contribution is 5.90. The third kappa shape index (κ3) is 4.52. The molecule has 1 aliphatic heterocycles. The van der Waals surface area contributed by atoms with Crippen LogP contribution >= 0.6 is 0 Å². The number of carbonyl (C=O) groups excluding carboxylic acids is 1. The smallest absolute Gasteiger partial charge is 0.333 e. The van der Waals surface area contributed by atoms with E-state index in [9.17, 15) is 4.79 Å². The Morgan fingerprint density at radius 3 is 2.81 bits per heavy atom. The summed E-state index contributed by atoms with van der Waals surface area (Å²) in [7, 11) is 0. The van der Waals surface area contributed by atoms with Crippen LogP contribution in [-0.2, 0) is 20.9 Å². The second-order valence-electron chi connectivity index (χ2n) is 8.25. The fourth-order valence-electron chi connectivity index (χ4n) is 4.77. The summed E-state index contributed by atoms with van der Waals surface area (Å²) in [4.78, 5) is 12.3. The molecular formula is C24H32O3. The molecule has 0 amide bonds. The Morgan fingerprint density at radius 2 is 2.07 bits per heavy atom. The zero-order valence-corrected chi connectivity index (χ0v) is 16.7. The molecule has 3 nitrogen and oxygen atoms in total. The lowest BCUT2D eigenvalue weighted by Gasteiger charge is -2.39. The summed E-state index contributed by atoms with van der Waals surface area (Å²) in [6.45, 7) is 9.60. The molecule has 1 aromatic carbocycles. The van der Waals surface area contributed by atoms with Crippen LogP contribution in [0.3, 0.4) is 0 Å². The van der Waals surface area contributed by atoms with Gasteiger partial charge in [-0.25, -0.2) is 4.79 Å². The Bertz CT molecular complexity index is 691. The Labute approximate surface area is 163 Å². The zero-order chi connectivity index (χ0) is 19.3. The molecule has 1 aliphatic carbocycles. The predicted molar refractivity (Wildman–Crippen MR) is 108 cm³/mol. The summed E-state index contributed by atoms with van der Waals surface area (Å²) in [5.74, 6) is 0.230. The van der Waals surface area contributed by atoms with Crippen LogP contribution in [0.5, 0.6) is 0 Å². The lowest BCUT2D eigenvalue weighted by molar-refractivity contribution is -0.151. The number of benzene rings is 1. The summed E-state index contributed by atoms with van der Waals surface area (Å²) in [6, 6.07) is 10.2. The van der Waals surface area contributed by atoms with E-state index in [4.69, 9.17) is 9.47 Å². The number of hydrogen-bond acceptors (Lipinski definition) is 3. The minimum Gasteiger partial charge on any atom is -0.458 e. The molecule has 0 N–H and O–H groups in total. The van der Waals surface area contributed by atoms with Crippen LogP contribution in [0.1, 0.15) is 57.9 Å². The van der Waals surface area contributed by atoms with Gasteiger partial charge in [-0.2, -0.15) is 0 Å². The molecule has 0 spiro atoms. The average molecular weight is 369 g/mol. The third-order valence-corrected chi connectivity index (χ3v) is 6.26. The van der Waals surface area contributed by atoms with Gasteiger partial charge in [-0.3, -0.25) is 0 Å². The Kier molecular flexibility index (Phi) is 6.54. The maximum atomic E-state index is 12.3. The molecule has 1 saturated carbocycles. The number of allylic oxidation sites excluding steroid dienone is 1. The van der Waals surface area contributed by atoms with Crippen molar-refractivity contribution >= 4 is 5.97 Å². The first-order valence-corrected chi connectivity index (χ1v) is 10.2. The lowest BCUT2D eigenvalue weighted by Crippen LogP contribution is -2.40. The highest BCUT2D eigenvalue weighted by Gasteiger charge is 2.49. The minimum absolute atomic E-state index is 0.00206. The summed E-state index contributed by atoms with van der Waals surface area (Å²) >= 11 is 0. The number of fused-ring (bicyclic) bond motifs is 1. The van der Waals surface area contributed by atoms with Crippen molar-refractivity contribution in [3.8, 4) is 0 Å². The molecular weight excluding hydrogens is 336 g/mol. The molecule has 0 unspecified atom stereocenters. The van der Waals surface area contributed by atoms with Crippen LogP contribution in [0.4, 0.5) is 0 Å². The van der Waals surface area contributed by atoms with Gasteiger partial charge in [0.05, 0.1) is 6.61 Å². The topological polar surface area (TPSA) is 35.5 Å². The van der Waals surface area contributed by atoms with Gasteiger partial charge in [0, 0.05) is 18.1 Å². The number of hydrogen-bond donors (Lipinski definition) is 0. The van der Waals surface area contributed by atoms with E-state index in [1.807, 2.05) is 31.2 Å². The second kappa shape index (κ2) is 8.88. The van der Waals surface area contributed by atoms with Gasteiger partial charge in [-0.15, -0.1) is 6.58 Å². The van der Waals surface area contributed by atoms with Crippen molar-refractivity contribution in [1.29, 1.82) is 0 Å². The number of unbranched alkanes of at least 4 members (excludes halogenated alkanes) is 1. The molecule has 0 aromatic heterocycles. The maximum absolute atomic E-state index is 12.3. The second-order valence-corrected chi connectivity index (χ2v) is 8.25. The molecule has 1 fully saturated rings. The van der Waals surface area contributed by atoms with Crippen LogP contribution in [0.25, 0.3) is 0 Å².